The van der Waals surface area contributed by atoms with Gasteiger partial charge in [0.1, 0.15) is 0 Å². The van der Waals surface area contributed by atoms with Crippen LogP contribution in [0.15, 0.2) is 30.3 Å². The molecule has 1 heterocycles. The second kappa shape index (κ2) is 9.83. The minimum Gasteiger partial charge on any atom is -0.340 e. The van der Waals surface area contributed by atoms with Gasteiger partial charge >= 0.3 is 0 Å². The van der Waals surface area contributed by atoms with Gasteiger partial charge in [0.15, 0.2) is 0 Å². The van der Waals surface area contributed by atoms with Gasteiger partial charge in [0.2, 0.25) is 5.91 Å². The Labute approximate surface area is 147 Å². The normalized spacial score (nSPS) is 18.1. The molecule has 1 saturated heterocycles. The van der Waals surface area contributed by atoms with E-state index in [1.54, 1.807) is 0 Å². The summed E-state index contributed by atoms with van der Waals surface area (Å²) in [5.41, 5.74) is 1.32. The van der Waals surface area contributed by atoms with E-state index in [2.05, 4.69) is 55.3 Å². The van der Waals surface area contributed by atoms with E-state index in [-0.39, 0.29) is 0 Å². The third kappa shape index (κ3) is 5.34. The first-order chi connectivity index (χ1) is 11.7. The smallest absolute Gasteiger partial charge is 0.223 e. The predicted molar refractivity (Wildman–Crippen MR) is 101 cm³/mol. The summed E-state index contributed by atoms with van der Waals surface area (Å²) in [4.78, 5) is 15.0. The number of rotatable bonds is 8. The van der Waals surface area contributed by atoms with Gasteiger partial charge in [-0.15, -0.1) is 0 Å². The van der Waals surface area contributed by atoms with Gasteiger partial charge in [-0.2, -0.15) is 0 Å². The van der Waals surface area contributed by atoms with Gasteiger partial charge in [0.25, 0.3) is 0 Å². The number of likely N-dealkylation sites (N-methyl/N-ethyl adjacent to an activating group) is 1. The molecule has 24 heavy (non-hydrogen) atoms. The van der Waals surface area contributed by atoms with Crippen molar-refractivity contribution in [1.82, 2.24) is 10.2 Å². The van der Waals surface area contributed by atoms with Crippen LogP contribution in [0.3, 0.4) is 0 Å². The highest BCUT2D eigenvalue weighted by molar-refractivity contribution is 5.76. The van der Waals surface area contributed by atoms with Crippen LogP contribution in [0.4, 0.5) is 0 Å². The zero-order valence-corrected chi connectivity index (χ0v) is 15.6. The maximum Gasteiger partial charge on any atom is 0.223 e. The fourth-order valence-corrected chi connectivity index (χ4v) is 3.97. The molecule has 1 amide bonds. The van der Waals surface area contributed by atoms with E-state index in [0.717, 1.165) is 32.5 Å². The molecule has 0 spiro atoms. The molecule has 134 valence electrons. The lowest BCUT2D eigenvalue weighted by molar-refractivity contribution is -0.134. The molecule has 1 aliphatic rings. The largest absolute Gasteiger partial charge is 0.340 e. The first kappa shape index (κ1) is 19.0. The third-order valence-electron chi connectivity index (χ3n) is 5.57. The molecular formula is C21H34N2O. The van der Waals surface area contributed by atoms with Crippen LogP contribution in [0.2, 0.25) is 0 Å². The van der Waals surface area contributed by atoms with E-state index >= 15 is 0 Å². The van der Waals surface area contributed by atoms with Gasteiger partial charge in [-0.1, -0.05) is 44.2 Å². The van der Waals surface area contributed by atoms with Crippen LogP contribution in [0.1, 0.15) is 52.0 Å². The molecule has 0 saturated carbocycles. The van der Waals surface area contributed by atoms with Crippen molar-refractivity contribution in [1.29, 1.82) is 0 Å². The molecule has 0 radical (unpaired) electrons. The first-order valence-electron chi connectivity index (χ1n) is 9.69. The molecule has 1 aliphatic heterocycles. The Bertz CT molecular complexity index is 482. The molecule has 1 N–H and O–H groups in total. The molecule has 1 fully saturated rings. The number of nitrogens with zero attached hydrogens (tertiary/aromatic N) is 1. The van der Waals surface area contributed by atoms with Crippen LogP contribution in [-0.4, -0.2) is 36.5 Å². The van der Waals surface area contributed by atoms with E-state index in [1.165, 1.54) is 18.4 Å². The Hall–Kier alpha value is -1.35. The van der Waals surface area contributed by atoms with Gasteiger partial charge in [0.05, 0.1) is 0 Å². The zero-order valence-electron chi connectivity index (χ0n) is 15.6. The van der Waals surface area contributed by atoms with Gasteiger partial charge in [-0.05, 0) is 63.1 Å². The molecule has 0 aliphatic carbocycles. The van der Waals surface area contributed by atoms with Crippen LogP contribution in [0, 0.1) is 11.8 Å². The molecule has 2 unspecified atom stereocenters. The minimum absolute atomic E-state index is 0.310. The Morgan fingerprint density at radius 1 is 1.21 bits per heavy atom. The third-order valence-corrected chi connectivity index (χ3v) is 5.57. The molecule has 2 rings (SSSR count). The molecular weight excluding hydrogens is 296 g/mol. The molecule has 1 aromatic rings. The van der Waals surface area contributed by atoms with Crippen molar-refractivity contribution < 1.29 is 4.79 Å². The van der Waals surface area contributed by atoms with Gasteiger partial charge in [0, 0.05) is 19.0 Å². The standard InChI is InChI=1S/C21H34N2O/c1-4-20(16-18-9-7-6-8-10-18)23(5-2)21(24)15-17(3)19-11-13-22-14-12-19/h6-10,17,19-20,22H,4-5,11-16H2,1-3H3. The fourth-order valence-electron chi connectivity index (χ4n) is 3.97. The first-order valence-corrected chi connectivity index (χ1v) is 9.69. The molecule has 0 bridgehead atoms. The van der Waals surface area contributed by atoms with E-state index in [0.29, 0.717) is 30.2 Å². The van der Waals surface area contributed by atoms with Crippen molar-refractivity contribution in [3.05, 3.63) is 35.9 Å². The predicted octanol–water partition coefficient (Wildman–Crippen LogP) is 3.88. The molecule has 3 heteroatoms. The summed E-state index contributed by atoms with van der Waals surface area (Å²) in [5, 5.41) is 3.42. The Balaban J connectivity index is 1.95. The number of amides is 1. The van der Waals surface area contributed by atoms with Crippen LogP contribution >= 0.6 is 0 Å². The van der Waals surface area contributed by atoms with Crippen molar-refractivity contribution in [2.45, 2.75) is 58.9 Å². The topological polar surface area (TPSA) is 32.3 Å². The maximum atomic E-state index is 12.9. The van der Waals surface area contributed by atoms with Crippen LogP contribution in [-0.2, 0) is 11.2 Å². The molecule has 0 aromatic heterocycles. The summed E-state index contributed by atoms with van der Waals surface area (Å²) in [6.07, 6.45) is 5.09. The molecule has 2 atom stereocenters. The maximum absolute atomic E-state index is 12.9. The van der Waals surface area contributed by atoms with Gasteiger partial charge in [-0.3, -0.25) is 4.79 Å². The summed E-state index contributed by atoms with van der Waals surface area (Å²) >= 11 is 0. The van der Waals surface area contributed by atoms with Crippen LogP contribution in [0.25, 0.3) is 0 Å². The Morgan fingerprint density at radius 2 is 1.88 bits per heavy atom. The highest BCUT2D eigenvalue weighted by Crippen LogP contribution is 2.25. The van der Waals surface area contributed by atoms with Crippen LogP contribution < -0.4 is 5.32 Å². The highest BCUT2D eigenvalue weighted by Gasteiger charge is 2.26. The Morgan fingerprint density at radius 3 is 2.46 bits per heavy atom. The Kier molecular flexibility index (Phi) is 7.77. The lowest BCUT2D eigenvalue weighted by atomic mass is 9.83. The average Bonchev–Trinajstić information content (AvgIpc) is 2.63. The summed E-state index contributed by atoms with van der Waals surface area (Å²) in [6.45, 7) is 9.59. The lowest BCUT2D eigenvalue weighted by Gasteiger charge is -2.33. The number of piperidine rings is 1. The number of carbonyl (C=O) groups is 1. The fraction of sp³-hybridized carbons (Fsp3) is 0.667. The summed E-state index contributed by atoms with van der Waals surface area (Å²) < 4.78 is 0. The second-order valence-corrected chi connectivity index (χ2v) is 7.20. The lowest BCUT2D eigenvalue weighted by Crippen LogP contribution is -2.42. The van der Waals surface area contributed by atoms with Crippen molar-refractivity contribution in [2.24, 2.45) is 11.8 Å². The number of hydrogen-bond acceptors (Lipinski definition) is 2. The van der Waals surface area contributed by atoms with E-state index in [4.69, 9.17) is 0 Å². The molecule has 3 nitrogen and oxygen atoms in total. The number of nitrogens with one attached hydrogen (secondary N) is 1. The monoisotopic (exact) mass is 330 g/mol. The number of benzene rings is 1. The summed E-state index contributed by atoms with van der Waals surface area (Å²) in [5.74, 6) is 1.53. The van der Waals surface area contributed by atoms with E-state index in [9.17, 15) is 4.79 Å². The summed E-state index contributed by atoms with van der Waals surface area (Å²) in [7, 11) is 0. The van der Waals surface area contributed by atoms with E-state index in [1.807, 2.05) is 6.07 Å². The SMILES string of the molecule is CCC(Cc1ccccc1)N(CC)C(=O)CC(C)C1CCNCC1. The minimum atomic E-state index is 0.310. The summed E-state index contributed by atoms with van der Waals surface area (Å²) in [6, 6.07) is 10.9. The number of carbonyl (C=O) groups excluding carboxylic acids is 1. The quantitative estimate of drug-likeness (QED) is 0.784. The average molecular weight is 331 g/mol. The van der Waals surface area contributed by atoms with Gasteiger partial charge < -0.3 is 10.2 Å². The van der Waals surface area contributed by atoms with Crippen molar-refractivity contribution in [3.8, 4) is 0 Å². The van der Waals surface area contributed by atoms with E-state index < -0.39 is 0 Å². The molecule has 1 aromatic carbocycles. The van der Waals surface area contributed by atoms with Crippen molar-refractivity contribution in [2.75, 3.05) is 19.6 Å². The van der Waals surface area contributed by atoms with Crippen molar-refractivity contribution in [3.63, 3.8) is 0 Å². The van der Waals surface area contributed by atoms with Crippen LogP contribution in [0.5, 0.6) is 0 Å². The van der Waals surface area contributed by atoms with Gasteiger partial charge in [-0.25, -0.2) is 0 Å². The second-order valence-electron chi connectivity index (χ2n) is 7.20. The highest BCUT2D eigenvalue weighted by atomic mass is 16.2. The zero-order chi connectivity index (χ0) is 17.4. The van der Waals surface area contributed by atoms with Crippen molar-refractivity contribution >= 4 is 5.91 Å². The number of hydrogen-bond donors (Lipinski definition) is 1.